The molecule has 0 saturated carbocycles. The number of halogens is 1. The van der Waals surface area contributed by atoms with Gasteiger partial charge in [-0.2, -0.15) is 0 Å². The normalized spacial score (nSPS) is 15.8. The molecule has 1 fully saturated rings. The number of aromatic amines is 1. The Kier molecular flexibility index (Phi) is 7.19. The fourth-order valence-corrected chi connectivity index (χ4v) is 5.41. The number of nitrogens with zero attached hydrogens (tertiary/aromatic N) is 3. The van der Waals surface area contributed by atoms with E-state index < -0.39 is 8.32 Å². The fraction of sp³-hybridized carbons (Fsp3) is 0.462. The topological polar surface area (TPSA) is 72.5 Å². The van der Waals surface area contributed by atoms with Gasteiger partial charge in [0.1, 0.15) is 5.82 Å². The van der Waals surface area contributed by atoms with Crippen molar-refractivity contribution in [2.24, 2.45) is 0 Å². The minimum atomic E-state index is -2.14. The summed E-state index contributed by atoms with van der Waals surface area (Å²) in [7, 11) is -2.14. The SMILES string of the molecule is CC(C)(CCCN1CCN(c2ccc(-c3cc4c(Cl)cccc4c(=O)[nH]3)cn2)CC1)[Si](C)(C)O. The van der Waals surface area contributed by atoms with Gasteiger partial charge < -0.3 is 14.7 Å². The van der Waals surface area contributed by atoms with E-state index in [1.807, 2.05) is 37.5 Å². The summed E-state index contributed by atoms with van der Waals surface area (Å²) in [5.74, 6) is 0.957. The van der Waals surface area contributed by atoms with Crippen molar-refractivity contribution in [1.29, 1.82) is 0 Å². The van der Waals surface area contributed by atoms with Crippen molar-refractivity contribution in [3.8, 4) is 11.3 Å². The summed E-state index contributed by atoms with van der Waals surface area (Å²) >= 11 is 6.31. The number of nitrogens with one attached hydrogen (secondary N) is 1. The number of aromatic nitrogens is 2. The van der Waals surface area contributed by atoms with Crippen molar-refractivity contribution in [3.63, 3.8) is 0 Å². The number of fused-ring (bicyclic) bond motifs is 1. The number of H-pyrrole nitrogens is 1. The molecule has 1 aromatic carbocycles. The summed E-state index contributed by atoms with van der Waals surface area (Å²) < 4.78 is 0. The van der Waals surface area contributed by atoms with Crippen molar-refractivity contribution in [3.05, 3.63) is 58.0 Å². The van der Waals surface area contributed by atoms with Crippen LogP contribution in [0.4, 0.5) is 5.82 Å². The highest BCUT2D eigenvalue weighted by atomic mass is 35.5. The monoisotopic (exact) mass is 498 g/mol. The molecule has 1 aliphatic rings. The van der Waals surface area contributed by atoms with E-state index in [0.29, 0.717) is 16.1 Å². The molecule has 34 heavy (non-hydrogen) atoms. The Hall–Kier alpha value is -2.19. The number of hydrogen-bond donors (Lipinski definition) is 2. The van der Waals surface area contributed by atoms with Crippen molar-refractivity contribution < 1.29 is 4.80 Å². The minimum Gasteiger partial charge on any atom is -0.432 e. The lowest BCUT2D eigenvalue weighted by molar-refractivity contribution is 0.247. The molecule has 4 rings (SSSR count). The standard InChI is InChI=1S/C26H35ClN4O2Si/c1-26(2,34(3,4)33)11-6-12-30-13-15-31(16-14-30)24-10-9-19(18-28-24)23-17-21-20(25(32)29-23)7-5-8-22(21)27/h5,7-10,17-18,33H,6,11-16H2,1-4H3,(H,29,32). The number of benzene rings is 1. The van der Waals surface area contributed by atoms with Crippen LogP contribution < -0.4 is 10.5 Å². The summed E-state index contributed by atoms with van der Waals surface area (Å²) in [6.07, 6.45) is 4.00. The highest BCUT2D eigenvalue weighted by Gasteiger charge is 2.37. The summed E-state index contributed by atoms with van der Waals surface area (Å²) in [5, 5.41) is 1.94. The Labute approximate surface area is 207 Å². The van der Waals surface area contributed by atoms with Crippen LogP contribution in [0.15, 0.2) is 47.4 Å². The number of pyridine rings is 2. The van der Waals surface area contributed by atoms with Crippen LogP contribution in [0.3, 0.4) is 0 Å². The molecule has 3 aromatic rings. The summed E-state index contributed by atoms with van der Waals surface area (Å²) in [6.45, 7) is 13.5. The van der Waals surface area contributed by atoms with Gasteiger partial charge in [0.25, 0.3) is 5.56 Å². The Morgan fingerprint density at radius 3 is 2.50 bits per heavy atom. The van der Waals surface area contributed by atoms with Crippen LogP contribution in [0.1, 0.15) is 26.7 Å². The molecule has 0 aliphatic carbocycles. The number of hydrogen-bond acceptors (Lipinski definition) is 5. The molecular formula is C26H35ClN4O2Si. The predicted molar refractivity (Wildman–Crippen MR) is 144 cm³/mol. The van der Waals surface area contributed by atoms with E-state index in [0.717, 1.165) is 62.3 Å². The van der Waals surface area contributed by atoms with Gasteiger partial charge >= 0.3 is 0 Å². The first-order chi connectivity index (χ1) is 16.0. The minimum absolute atomic E-state index is 0.0428. The highest BCUT2D eigenvalue weighted by Crippen LogP contribution is 2.39. The lowest BCUT2D eigenvalue weighted by Gasteiger charge is -2.38. The molecule has 0 bridgehead atoms. The Morgan fingerprint density at radius 2 is 1.85 bits per heavy atom. The lowest BCUT2D eigenvalue weighted by Crippen LogP contribution is -2.47. The van der Waals surface area contributed by atoms with Gasteiger partial charge in [-0.3, -0.25) is 9.69 Å². The third kappa shape index (κ3) is 5.38. The maximum absolute atomic E-state index is 12.5. The third-order valence-corrected chi connectivity index (χ3v) is 11.4. The Morgan fingerprint density at radius 1 is 1.12 bits per heavy atom. The van der Waals surface area contributed by atoms with Crippen LogP contribution in [0, 0.1) is 0 Å². The average Bonchev–Trinajstić information content (AvgIpc) is 2.79. The largest absolute Gasteiger partial charge is 0.432 e. The molecule has 3 heterocycles. The van der Waals surface area contributed by atoms with Gasteiger partial charge in [0.15, 0.2) is 8.32 Å². The van der Waals surface area contributed by atoms with Gasteiger partial charge in [-0.15, -0.1) is 0 Å². The van der Waals surface area contributed by atoms with E-state index in [9.17, 15) is 9.59 Å². The Balaban J connectivity index is 1.35. The van der Waals surface area contributed by atoms with Crippen LogP contribution in [-0.4, -0.2) is 60.7 Å². The third-order valence-electron chi connectivity index (χ3n) is 7.52. The van der Waals surface area contributed by atoms with E-state index in [1.165, 1.54) is 0 Å². The zero-order chi connectivity index (χ0) is 24.5. The summed E-state index contributed by atoms with van der Waals surface area (Å²) in [5.41, 5.74) is 1.43. The van der Waals surface area contributed by atoms with Crippen LogP contribution in [-0.2, 0) is 0 Å². The second kappa shape index (κ2) is 9.82. The summed E-state index contributed by atoms with van der Waals surface area (Å²) in [4.78, 5) is 35.4. The first-order valence-electron chi connectivity index (χ1n) is 12.0. The Bertz CT molecular complexity index is 1200. The van der Waals surface area contributed by atoms with Gasteiger partial charge in [0.2, 0.25) is 0 Å². The lowest BCUT2D eigenvalue weighted by atomic mass is 10.1. The van der Waals surface area contributed by atoms with E-state index in [1.54, 1.807) is 18.2 Å². The smallest absolute Gasteiger partial charge is 0.256 e. The summed E-state index contributed by atoms with van der Waals surface area (Å²) in [6, 6.07) is 11.3. The van der Waals surface area contributed by atoms with E-state index in [2.05, 4.69) is 33.6 Å². The highest BCUT2D eigenvalue weighted by molar-refractivity contribution is 6.72. The zero-order valence-electron chi connectivity index (χ0n) is 20.6. The van der Waals surface area contributed by atoms with Gasteiger partial charge in [0, 0.05) is 53.7 Å². The van der Waals surface area contributed by atoms with E-state index in [4.69, 9.17) is 11.6 Å². The van der Waals surface area contributed by atoms with Crippen LogP contribution >= 0.6 is 11.6 Å². The molecule has 0 spiro atoms. The molecule has 182 valence electrons. The molecule has 1 saturated heterocycles. The van der Waals surface area contributed by atoms with Gasteiger partial charge in [-0.25, -0.2) is 4.98 Å². The number of piperazine rings is 1. The van der Waals surface area contributed by atoms with E-state index in [-0.39, 0.29) is 10.6 Å². The predicted octanol–water partition coefficient (Wildman–Crippen LogP) is 5.12. The average molecular weight is 499 g/mol. The second-order valence-corrected chi connectivity index (χ2v) is 15.4. The molecule has 2 aromatic heterocycles. The maximum Gasteiger partial charge on any atom is 0.256 e. The van der Waals surface area contributed by atoms with Crippen molar-refractivity contribution in [2.75, 3.05) is 37.6 Å². The van der Waals surface area contributed by atoms with Crippen LogP contribution in [0.2, 0.25) is 23.2 Å². The molecule has 0 atom stereocenters. The molecule has 0 radical (unpaired) electrons. The molecule has 0 amide bonds. The maximum atomic E-state index is 12.5. The molecule has 8 heteroatoms. The first kappa shape index (κ1) is 24.9. The molecule has 2 N–H and O–H groups in total. The zero-order valence-corrected chi connectivity index (χ0v) is 22.3. The van der Waals surface area contributed by atoms with Crippen molar-refractivity contribution in [1.82, 2.24) is 14.9 Å². The molecular weight excluding hydrogens is 464 g/mol. The number of rotatable bonds is 7. The van der Waals surface area contributed by atoms with E-state index >= 15 is 0 Å². The van der Waals surface area contributed by atoms with Gasteiger partial charge in [-0.1, -0.05) is 31.5 Å². The first-order valence-corrected chi connectivity index (χ1v) is 15.4. The fourth-order valence-electron chi connectivity index (χ4n) is 4.39. The van der Waals surface area contributed by atoms with Gasteiger partial charge in [0.05, 0.1) is 5.69 Å². The number of anilines is 1. The van der Waals surface area contributed by atoms with Crippen molar-refractivity contribution >= 4 is 36.5 Å². The quantitative estimate of drug-likeness (QED) is 0.442. The van der Waals surface area contributed by atoms with Crippen LogP contribution in [0.5, 0.6) is 0 Å². The van der Waals surface area contributed by atoms with Crippen molar-refractivity contribution in [2.45, 2.75) is 44.8 Å². The molecule has 6 nitrogen and oxygen atoms in total. The molecule has 0 unspecified atom stereocenters. The molecule has 1 aliphatic heterocycles. The van der Waals surface area contributed by atoms with Gasteiger partial charge in [-0.05, 0) is 67.9 Å². The second-order valence-electron chi connectivity index (χ2n) is 10.5. The van der Waals surface area contributed by atoms with Crippen LogP contribution in [0.25, 0.3) is 22.0 Å².